The lowest BCUT2D eigenvalue weighted by Crippen LogP contribution is -2.04. The molecule has 1 N–H and O–H groups in total. The molecule has 0 bridgehead atoms. The molecule has 0 aliphatic carbocycles. The molecule has 20 heavy (non-hydrogen) atoms. The zero-order chi connectivity index (χ0) is 14.5. The van der Waals surface area contributed by atoms with Crippen LogP contribution < -0.4 is 4.74 Å². The highest BCUT2D eigenvalue weighted by Gasteiger charge is 2.12. The van der Waals surface area contributed by atoms with Gasteiger partial charge in [0, 0.05) is 10.9 Å². The highest BCUT2D eigenvalue weighted by molar-refractivity contribution is 5.89. The van der Waals surface area contributed by atoms with E-state index in [2.05, 4.69) is 26.0 Å². The lowest BCUT2D eigenvalue weighted by molar-refractivity contribution is 0.191. The van der Waals surface area contributed by atoms with Crippen LogP contribution in [0.3, 0.4) is 0 Å². The number of hydrogen-bond donors (Lipinski definition) is 1. The molecular formula is C18H24O2. The Morgan fingerprint density at radius 3 is 2.50 bits per heavy atom. The van der Waals surface area contributed by atoms with Crippen LogP contribution in [0.25, 0.3) is 10.8 Å². The van der Waals surface area contributed by atoms with Gasteiger partial charge in [-0.1, -0.05) is 50.2 Å². The maximum Gasteiger partial charge on any atom is 0.132 e. The molecule has 0 saturated heterocycles. The molecule has 2 aromatic carbocycles. The van der Waals surface area contributed by atoms with E-state index in [4.69, 9.17) is 4.74 Å². The normalized spacial score (nSPS) is 12.8. The zero-order valence-electron chi connectivity index (χ0n) is 12.6. The maximum absolute atomic E-state index is 9.93. The van der Waals surface area contributed by atoms with E-state index in [0.717, 1.165) is 34.9 Å². The summed E-state index contributed by atoms with van der Waals surface area (Å²) in [6, 6.07) is 12.2. The second kappa shape index (κ2) is 6.76. The highest BCUT2D eigenvalue weighted by Crippen LogP contribution is 2.33. The van der Waals surface area contributed by atoms with Crippen LogP contribution >= 0.6 is 0 Å². The number of hydrogen-bond acceptors (Lipinski definition) is 2. The third-order valence-electron chi connectivity index (χ3n) is 3.53. The number of aliphatic hydroxyl groups excluding tert-OH is 1. The van der Waals surface area contributed by atoms with Crippen molar-refractivity contribution >= 4 is 10.8 Å². The van der Waals surface area contributed by atoms with Gasteiger partial charge >= 0.3 is 0 Å². The summed E-state index contributed by atoms with van der Waals surface area (Å²) in [4.78, 5) is 0. The Bertz CT molecular complexity index is 558. The molecule has 0 aliphatic rings. The third-order valence-corrected chi connectivity index (χ3v) is 3.53. The first-order valence-electron chi connectivity index (χ1n) is 7.42. The predicted molar refractivity (Wildman–Crippen MR) is 84.1 cm³/mol. The van der Waals surface area contributed by atoms with Crippen molar-refractivity contribution in [2.24, 2.45) is 5.92 Å². The van der Waals surface area contributed by atoms with Gasteiger partial charge in [-0.25, -0.2) is 0 Å². The van der Waals surface area contributed by atoms with Crippen LogP contribution in [0.2, 0.25) is 0 Å². The first kappa shape index (κ1) is 14.9. The van der Waals surface area contributed by atoms with E-state index in [9.17, 15) is 5.11 Å². The molecule has 2 rings (SSSR count). The van der Waals surface area contributed by atoms with Crippen molar-refractivity contribution in [2.45, 2.75) is 39.7 Å². The fourth-order valence-corrected chi connectivity index (χ4v) is 2.42. The van der Waals surface area contributed by atoms with Crippen molar-refractivity contribution in [3.05, 3.63) is 42.0 Å². The first-order chi connectivity index (χ1) is 9.59. The topological polar surface area (TPSA) is 29.5 Å². The van der Waals surface area contributed by atoms with Gasteiger partial charge in [0.2, 0.25) is 0 Å². The smallest absolute Gasteiger partial charge is 0.132 e. The van der Waals surface area contributed by atoms with E-state index >= 15 is 0 Å². The fraction of sp³-hybridized carbons (Fsp3) is 0.444. The van der Waals surface area contributed by atoms with Gasteiger partial charge in [0.05, 0.1) is 12.7 Å². The Labute approximate surface area is 121 Å². The van der Waals surface area contributed by atoms with E-state index in [0.29, 0.717) is 12.5 Å². The lowest BCUT2D eigenvalue weighted by atomic mass is 10.0. The molecule has 108 valence electrons. The van der Waals surface area contributed by atoms with E-state index < -0.39 is 6.10 Å². The Hall–Kier alpha value is -1.54. The molecule has 2 aromatic rings. The molecule has 1 unspecified atom stereocenters. The zero-order valence-corrected chi connectivity index (χ0v) is 12.6. The summed E-state index contributed by atoms with van der Waals surface area (Å²) in [6.07, 6.45) is 1.69. The Kier molecular flexibility index (Phi) is 5.02. The highest BCUT2D eigenvalue weighted by atomic mass is 16.5. The van der Waals surface area contributed by atoms with E-state index in [1.165, 1.54) is 0 Å². The minimum atomic E-state index is -0.514. The summed E-state index contributed by atoms with van der Waals surface area (Å²) in [5.41, 5.74) is 0.869. The summed E-state index contributed by atoms with van der Waals surface area (Å²) in [5, 5.41) is 12.2. The summed E-state index contributed by atoms with van der Waals surface area (Å²) in [5.74, 6) is 1.53. The van der Waals surface area contributed by atoms with Gasteiger partial charge in [0.25, 0.3) is 0 Å². The first-order valence-corrected chi connectivity index (χ1v) is 7.42. The van der Waals surface area contributed by atoms with Crippen molar-refractivity contribution < 1.29 is 9.84 Å². The molecular weight excluding hydrogens is 248 g/mol. The number of aliphatic hydroxyl groups is 1. The Balaban J connectivity index is 2.25. The summed E-state index contributed by atoms with van der Waals surface area (Å²) in [6.45, 7) is 6.93. The average molecular weight is 272 g/mol. The number of ether oxygens (including phenoxy) is 1. The monoisotopic (exact) mass is 272 g/mol. The summed E-state index contributed by atoms with van der Waals surface area (Å²) >= 11 is 0. The molecule has 0 aliphatic heterocycles. The number of fused-ring (bicyclic) bond motifs is 1. The van der Waals surface area contributed by atoms with Crippen LogP contribution in [-0.4, -0.2) is 11.7 Å². The molecule has 2 heteroatoms. The van der Waals surface area contributed by atoms with Crippen molar-refractivity contribution in [3.8, 4) is 5.75 Å². The van der Waals surface area contributed by atoms with Crippen molar-refractivity contribution in [3.63, 3.8) is 0 Å². The standard InChI is InChI=1S/C18H24O2/c1-13(2)7-6-12-20-18-16(14(3)19)11-10-15-8-4-5-9-17(15)18/h4-5,8-11,13-14,19H,6-7,12H2,1-3H3. The van der Waals surface area contributed by atoms with E-state index in [-0.39, 0.29) is 0 Å². The predicted octanol–water partition coefficient (Wildman–Crippen LogP) is 4.71. The van der Waals surface area contributed by atoms with Crippen LogP contribution in [0.5, 0.6) is 5.75 Å². The molecule has 0 radical (unpaired) electrons. The van der Waals surface area contributed by atoms with Crippen molar-refractivity contribution in [1.29, 1.82) is 0 Å². The van der Waals surface area contributed by atoms with Gasteiger partial charge in [-0.15, -0.1) is 0 Å². The summed E-state index contributed by atoms with van der Waals surface area (Å²) in [7, 11) is 0. The Morgan fingerprint density at radius 2 is 1.80 bits per heavy atom. The van der Waals surface area contributed by atoms with Crippen LogP contribution in [-0.2, 0) is 0 Å². The fourth-order valence-electron chi connectivity index (χ4n) is 2.42. The van der Waals surface area contributed by atoms with Gasteiger partial charge in [-0.2, -0.15) is 0 Å². The molecule has 2 nitrogen and oxygen atoms in total. The van der Waals surface area contributed by atoms with Gasteiger partial charge < -0.3 is 9.84 Å². The van der Waals surface area contributed by atoms with Gasteiger partial charge in [-0.3, -0.25) is 0 Å². The van der Waals surface area contributed by atoms with Crippen LogP contribution in [0, 0.1) is 5.92 Å². The molecule has 0 saturated carbocycles. The largest absolute Gasteiger partial charge is 0.493 e. The van der Waals surface area contributed by atoms with Gasteiger partial charge in [0.15, 0.2) is 0 Å². The van der Waals surface area contributed by atoms with E-state index in [1.807, 2.05) is 24.3 Å². The molecule has 0 amide bonds. The average Bonchev–Trinajstić information content (AvgIpc) is 2.42. The molecule has 0 aromatic heterocycles. The summed E-state index contributed by atoms with van der Waals surface area (Å²) < 4.78 is 6.00. The quantitative estimate of drug-likeness (QED) is 0.772. The van der Waals surface area contributed by atoms with E-state index in [1.54, 1.807) is 6.92 Å². The van der Waals surface area contributed by atoms with Gasteiger partial charge in [0.1, 0.15) is 5.75 Å². The second-order valence-corrected chi connectivity index (χ2v) is 5.77. The number of benzene rings is 2. The second-order valence-electron chi connectivity index (χ2n) is 5.77. The van der Waals surface area contributed by atoms with Crippen LogP contribution in [0.15, 0.2) is 36.4 Å². The van der Waals surface area contributed by atoms with Crippen LogP contribution in [0.4, 0.5) is 0 Å². The number of rotatable bonds is 6. The Morgan fingerprint density at radius 1 is 1.05 bits per heavy atom. The minimum Gasteiger partial charge on any atom is -0.493 e. The maximum atomic E-state index is 9.93. The minimum absolute atomic E-state index is 0.514. The lowest BCUT2D eigenvalue weighted by Gasteiger charge is -2.16. The van der Waals surface area contributed by atoms with Crippen molar-refractivity contribution in [1.82, 2.24) is 0 Å². The molecule has 0 heterocycles. The molecule has 1 atom stereocenters. The third kappa shape index (κ3) is 3.51. The molecule has 0 spiro atoms. The van der Waals surface area contributed by atoms with Gasteiger partial charge in [-0.05, 0) is 31.1 Å². The van der Waals surface area contributed by atoms with Crippen LogP contribution in [0.1, 0.15) is 45.3 Å². The van der Waals surface area contributed by atoms with Crippen molar-refractivity contribution in [2.75, 3.05) is 6.61 Å². The SMILES string of the molecule is CC(C)CCCOc1c(C(C)O)ccc2ccccc12. The molecule has 0 fully saturated rings.